The van der Waals surface area contributed by atoms with E-state index in [-0.39, 0.29) is 6.17 Å². The molecule has 0 radical (unpaired) electrons. The smallest absolute Gasteiger partial charge is 0.145 e. The number of hydrogen-bond acceptors (Lipinski definition) is 3. The van der Waals surface area contributed by atoms with Crippen LogP contribution >= 0.6 is 0 Å². The zero-order chi connectivity index (χ0) is 21.0. The molecular weight excluding hydrogens is 378 g/mol. The van der Waals surface area contributed by atoms with Crippen LogP contribution in [0.2, 0.25) is 0 Å². The van der Waals surface area contributed by atoms with Crippen LogP contribution in [0.25, 0.3) is 16.8 Å². The lowest BCUT2D eigenvalue weighted by molar-refractivity contribution is 0.664. The van der Waals surface area contributed by atoms with Gasteiger partial charge >= 0.3 is 0 Å². The number of benzene rings is 4. The lowest BCUT2D eigenvalue weighted by Crippen LogP contribution is -2.25. The van der Waals surface area contributed by atoms with Crippen LogP contribution in [0.5, 0.6) is 0 Å². The molecule has 1 heterocycles. The summed E-state index contributed by atoms with van der Waals surface area (Å²) in [5.74, 6) is 0. The van der Waals surface area contributed by atoms with E-state index in [9.17, 15) is 0 Å². The summed E-state index contributed by atoms with van der Waals surface area (Å²) < 4.78 is 0. The molecule has 150 valence electrons. The largest absolute Gasteiger partial charge is 0.399 e. The van der Waals surface area contributed by atoms with Gasteiger partial charge < -0.3 is 11.1 Å². The van der Waals surface area contributed by atoms with Crippen molar-refractivity contribution >= 4 is 17.1 Å². The molecule has 31 heavy (non-hydrogen) atoms. The summed E-state index contributed by atoms with van der Waals surface area (Å²) in [6.45, 7) is 0. The van der Waals surface area contributed by atoms with Crippen LogP contribution in [0.1, 0.15) is 22.9 Å². The molecule has 0 saturated heterocycles. The van der Waals surface area contributed by atoms with Crippen molar-refractivity contribution in [1.82, 2.24) is 5.32 Å². The van der Waals surface area contributed by atoms with Crippen LogP contribution in [0.4, 0.5) is 5.69 Å². The average Bonchev–Trinajstić information content (AvgIpc) is 2.85. The minimum absolute atomic E-state index is 0.235. The monoisotopic (exact) mass is 401 g/mol. The Morgan fingerprint density at radius 3 is 1.84 bits per heavy atom. The van der Waals surface area contributed by atoms with E-state index in [4.69, 9.17) is 10.7 Å². The Morgan fingerprint density at radius 1 is 0.613 bits per heavy atom. The minimum Gasteiger partial charge on any atom is -0.399 e. The molecule has 4 aromatic carbocycles. The van der Waals surface area contributed by atoms with E-state index in [1.807, 2.05) is 54.6 Å². The second-order valence-electron chi connectivity index (χ2n) is 7.61. The zero-order valence-electron chi connectivity index (χ0n) is 17.1. The number of nitrogens with one attached hydrogen (secondary N) is 1. The Bertz CT molecular complexity index is 1240. The Morgan fingerprint density at radius 2 is 1.19 bits per heavy atom. The fraction of sp³-hybridized carbons (Fsp3) is 0.0357. The highest BCUT2D eigenvalue weighted by Crippen LogP contribution is 2.31. The first-order valence-electron chi connectivity index (χ1n) is 10.4. The number of nitrogens with zero attached hydrogens (tertiary/aromatic N) is 1. The van der Waals surface area contributed by atoms with Gasteiger partial charge in [0.15, 0.2) is 0 Å². The fourth-order valence-electron chi connectivity index (χ4n) is 3.88. The molecule has 0 bridgehead atoms. The van der Waals surface area contributed by atoms with E-state index in [1.54, 1.807) is 0 Å². The molecule has 1 aliphatic heterocycles. The number of rotatable bonds is 4. The molecule has 1 aliphatic rings. The normalized spacial score (nSPS) is 15.5. The molecule has 0 aliphatic carbocycles. The van der Waals surface area contributed by atoms with Gasteiger partial charge in [0, 0.05) is 11.4 Å². The highest BCUT2D eigenvalue weighted by atomic mass is 15.1. The average molecular weight is 402 g/mol. The van der Waals surface area contributed by atoms with E-state index in [0.29, 0.717) is 0 Å². The van der Waals surface area contributed by atoms with Crippen LogP contribution in [0.3, 0.4) is 0 Å². The van der Waals surface area contributed by atoms with Gasteiger partial charge in [-0.1, -0.05) is 91.0 Å². The number of aliphatic imine (C=N–C) groups is 1. The summed E-state index contributed by atoms with van der Waals surface area (Å²) in [5.41, 5.74) is 14.5. The first kappa shape index (κ1) is 18.9. The van der Waals surface area contributed by atoms with Gasteiger partial charge in [-0.2, -0.15) is 0 Å². The van der Waals surface area contributed by atoms with E-state index in [1.165, 1.54) is 0 Å². The second kappa shape index (κ2) is 8.33. The number of nitrogen functional groups attached to an aromatic ring is 1. The lowest BCUT2D eigenvalue weighted by Gasteiger charge is -2.25. The molecule has 3 heteroatoms. The molecule has 1 unspecified atom stereocenters. The molecule has 0 saturated carbocycles. The molecule has 3 N–H and O–H groups in total. The van der Waals surface area contributed by atoms with Gasteiger partial charge in [0.05, 0.1) is 5.71 Å². The quantitative estimate of drug-likeness (QED) is 0.408. The summed E-state index contributed by atoms with van der Waals surface area (Å²) in [6, 6.07) is 37.1. The van der Waals surface area contributed by atoms with Gasteiger partial charge in [-0.05, 0) is 52.1 Å². The third kappa shape index (κ3) is 4.12. The molecule has 5 rings (SSSR count). The maximum absolute atomic E-state index is 6.30. The van der Waals surface area contributed by atoms with E-state index >= 15 is 0 Å². The van der Waals surface area contributed by atoms with Crippen molar-refractivity contribution in [3.63, 3.8) is 0 Å². The molecule has 0 fully saturated rings. The SMILES string of the molecule is Nc1cc(-c2ccccc2)cc(C2N=C(c3ccccc3)C=C(c3ccccc3)N2)c1. The number of allylic oxidation sites excluding steroid dienone is 1. The number of anilines is 1. The van der Waals surface area contributed by atoms with Crippen molar-refractivity contribution in [2.75, 3.05) is 5.73 Å². The van der Waals surface area contributed by atoms with E-state index in [2.05, 4.69) is 66.0 Å². The molecule has 0 spiro atoms. The van der Waals surface area contributed by atoms with Crippen molar-refractivity contribution in [2.45, 2.75) is 6.17 Å². The maximum Gasteiger partial charge on any atom is 0.145 e. The van der Waals surface area contributed by atoms with Crippen molar-refractivity contribution in [2.24, 2.45) is 4.99 Å². The highest BCUT2D eigenvalue weighted by molar-refractivity contribution is 6.13. The number of nitrogens with two attached hydrogens (primary N) is 1. The maximum atomic E-state index is 6.30. The van der Waals surface area contributed by atoms with Crippen LogP contribution in [-0.2, 0) is 0 Å². The molecule has 1 atom stereocenters. The van der Waals surface area contributed by atoms with Gasteiger partial charge in [0.2, 0.25) is 0 Å². The topological polar surface area (TPSA) is 50.4 Å². The van der Waals surface area contributed by atoms with Gasteiger partial charge in [0.25, 0.3) is 0 Å². The summed E-state index contributed by atoms with van der Waals surface area (Å²) >= 11 is 0. The van der Waals surface area contributed by atoms with Crippen molar-refractivity contribution in [3.8, 4) is 11.1 Å². The van der Waals surface area contributed by atoms with E-state index < -0.39 is 0 Å². The lowest BCUT2D eigenvalue weighted by atomic mass is 9.98. The Hall–Kier alpha value is -4.11. The zero-order valence-corrected chi connectivity index (χ0v) is 17.1. The standard InChI is InChI=1S/C28H23N3/c29-25-17-23(20-10-4-1-5-11-20)16-24(18-25)28-30-26(21-12-6-2-7-13-21)19-27(31-28)22-14-8-3-9-15-22/h1-19,28,30H,29H2. The molecule has 0 amide bonds. The summed E-state index contributed by atoms with van der Waals surface area (Å²) in [4.78, 5) is 5.05. The summed E-state index contributed by atoms with van der Waals surface area (Å²) in [5, 5.41) is 3.61. The summed E-state index contributed by atoms with van der Waals surface area (Å²) in [6.07, 6.45) is 1.88. The van der Waals surface area contributed by atoms with Crippen LogP contribution < -0.4 is 11.1 Å². The molecule has 0 aromatic heterocycles. The third-order valence-electron chi connectivity index (χ3n) is 5.40. The van der Waals surface area contributed by atoms with Crippen molar-refractivity contribution < 1.29 is 0 Å². The Balaban J connectivity index is 1.60. The van der Waals surface area contributed by atoms with Gasteiger partial charge in [-0.25, -0.2) is 0 Å². The van der Waals surface area contributed by atoms with Crippen LogP contribution in [0.15, 0.2) is 120 Å². The Labute approximate surface area is 182 Å². The van der Waals surface area contributed by atoms with Crippen molar-refractivity contribution in [3.05, 3.63) is 132 Å². The van der Waals surface area contributed by atoms with Crippen LogP contribution in [-0.4, -0.2) is 5.71 Å². The Kier molecular flexibility index (Phi) is 5.07. The third-order valence-corrected chi connectivity index (χ3v) is 5.40. The molecule has 4 aromatic rings. The first-order valence-corrected chi connectivity index (χ1v) is 10.4. The van der Waals surface area contributed by atoms with Crippen LogP contribution in [0, 0.1) is 0 Å². The predicted molar refractivity (Wildman–Crippen MR) is 130 cm³/mol. The van der Waals surface area contributed by atoms with Gasteiger partial charge in [-0.3, -0.25) is 4.99 Å². The molecule has 3 nitrogen and oxygen atoms in total. The first-order chi connectivity index (χ1) is 15.3. The number of hydrogen-bond donors (Lipinski definition) is 2. The highest BCUT2D eigenvalue weighted by Gasteiger charge is 2.20. The van der Waals surface area contributed by atoms with Crippen molar-refractivity contribution in [1.29, 1.82) is 0 Å². The van der Waals surface area contributed by atoms with E-state index in [0.717, 1.165) is 44.9 Å². The fourth-order valence-corrected chi connectivity index (χ4v) is 3.88. The second-order valence-corrected chi connectivity index (χ2v) is 7.61. The predicted octanol–water partition coefficient (Wildman–Crippen LogP) is 6.07. The summed E-state index contributed by atoms with van der Waals surface area (Å²) in [7, 11) is 0. The van der Waals surface area contributed by atoms with Gasteiger partial charge in [0.1, 0.15) is 6.17 Å². The van der Waals surface area contributed by atoms with Gasteiger partial charge in [-0.15, -0.1) is 0 Å². The minimum atomic E-state index is -0.235. The molecular formula is C28H23N3.